The van der Waals surface area contributed by atoms with Crippen LogP contribution in [0.5, 0.6) is 0 Å². The maximum absolute atomic E-state index is 4.63. The van der Waals surface area contributed by atoms with Gasteiger partial charge in [0, 0.05) is 18.6 Å². The fraction of sp³-hybridized carbons (Fsp3) is 0.462. The fourth-order valence-electron chi connectivity index (χ4n) is 2.46. The maximum Gasteiger partial charge on any atom is 0.0831 e. The van der Waals surface area contributed by atoms with Gasteiger partial charge in [0.25, 0.3) is 0 Å². The van der Waals surface area contributed by atoms with Crippen molar-refractivity contribution in [3.63, 3.8) is 0 Å². The van der Waals surface area contributed by atoms with Crippen molar-refractivity contribution in [1.82, 2.24) is 14.5 Å². The largest absolute Gasteiger partial charge is 0.320 e. The van der Waals surface area contributed by atoms with Crippen LogP contribution < -0.4 is 5.43 Å². The summed E-state index contributed by atoms with van der Waals surface area (Å²) in [5.41, 5.74) is 4.39. The molecule has 2 aromatic heterocycles. The van der Waals surface area contributed by atoms with Gasteiger partial charge in [-0.05, 0) is 31.0 Å². The molecule has 90 valence electrons. The molecule has 0 aliphatic heterocycles. The van der Waals surface area contributed by atoms with Crippen LogP contribution in [0.1, 0.15) is 37.4 Å². The normalized spacial score (nSPS) is 16.5. The SMILES string of the molecule is c1ccn(NCc2ccn(C3CCCC3)n2)c1. The summed E-state index contributed by atoms with van der Waals surface area (Å²) in [5, 5.41) is 4.63. The summed E-state index contributed by atoms with van der Waals surface area (Å²) >= 11 is 0. The van der Waals surface area contributed by atoms with Crippen LogP contribution in [0, 0.1) is 0 Å². The summed E-state index contributed by atoms with van der Waals surface area (Å²) in [6.45, 7) is 0.772. The third-order valence-electron chi connectivity index (χ3n) is 3.41. The third-order valence-corrected chi connectivity index (χ3v) is 3.41. The molecule has 0 spiro atoms. The van der Waals surface area contributed by atoms with E-state index in [0.717, 1.165) is 12.2 Å². The van der Waals surface area contributed by atoms with Gasteiger partial charge in [0.2, 0.25) is 0 Å². The van der Waals surface area contributed by atoms with Crippen LogP contribution in [0.2, 0.25) is 0 Å². The maximum atomic E-state index is 4.63. The highest BCUT2D eigenvalue weighted by atomic mass is 15.4. The Hall–Kier alpha value is -1.71. The van der Waals surface area contributed by atoms with Crippen LogP contribution in [0.3, 0.4) is 0 Å². The van der Waals surface area contributed by atoms with Crippen LogP contribution in [0.4, 0.5) is 0 Å². The Balaban J connectivity index is 1.60. The number of hydrogen-bond acceptors (Lipinski definition) is 2. The Labute approximate surface area is 101 Å². The second-order valence-corrected chi connectivity index (χ2v) is 4.65. The van der Waals surface area contributed by atoms with E-state index in [9.17, 15) is 0 Å². The molecule has 0 unspecified atom stereocenters. The van der Waals surface area contributed by atoms with Gasteiger partial charge in [0.1, 0.15) is 0 Å². The first-order chi connectivity index (χ1) is 8.42. The molecule has 1 saturated carbocycles. The standard InChI is InChI=1S/C13H18N4/c1-2-6-13(5-1)17-10-7-12(15-17)11-14-16-8-3-4-9-16/h3-4,7-10,13-14H,1-2,5-6,11H2. The zero-order valence-corrected chi connectivity index (χ0v) is 9.92. The predicted molar refractivity (Wildman–Crippen MR) is 67.2 cm³/mol. The van der Waals surface area contributed by atoms with Gasteiger partial charge in [0.15, 0.2) is 0 Å². The van der Waals surface area contributed by atoms with E-state index in [1.54, 1.807) is 0 Å². The van der Waals surface area contributed by atoms with Crippen LogP contribution in [-0.2, 0) is 6.54 Å². The monoisotopic (exact) mass is 230 g/mol. The van der Waals surface area contributed by atoms with Gasteiger partial charge < -0.3 is 5.43 Å². The lowest BCUT2D eigenvalue weighted by atomic mass is 10.3. The van der Waals surface area contributed by atoms with E-state index in [2.05, 4.69) is 27.5 Å². The van der Waals surface area contributed by atoms with Crippen molar-refractivity contribution in [3.05, 3.63) is 42.5 Å². The summed E-state index contributed by atoms with van der Waals surface area (Å²) in [7, 11) is 0. The minimum absolute atomic E-state index is 0.635. The molecule has 0 amide bonds. The van der Waals surface area contributed by atoms with Gasteiger partial charge >= 0.3 is 0 Å². The Morgan fingerprint density at radius 1 is 1.18 bits per heavy atom. The van der Waals surface area contributed by atoms with Crippen molar-refractivity contribution >= 4 is 0 Å². The smallest absolute Gasteiger partial charge is 0.0831 e. The Morgan fingerprint density at radius 2 is 1.94 bits per heavy atom. The predicted octanol–water partition coefficient (Wildman–Crippen LogP) is 2.54. The summed E-state index contributed by atoms with van der Waals surface area (Å²) in [6, 6.07) is 6.75. The average Bonchev–Trinajstić information content (AvgIpc) is 3.09. The van der Waals surface area contributed by atoms with E-state index in [1.807, 2.05) is 29.2 Å². The molecular formula is C13H18N4. The zero-order valence-electron chi connectivity index (χ0n) is 9.92. The molecule has 1 aliphatic carbocycles. The van der Waals surface area contributed by atoms with Gasteiger partial charge in [-0.25, -0.2) is 0 Å². The summed E-state index contributed by atoms with van der Waals surface area (Å²) in [4.78, 5) is 0. The molecule has 4 nitrogen and oxygen atoms in total. The second-order valence-electron chi connectivity index (χ2n) is 4.65. The molecule has 2 heterocycles. The quantitative estimate of drug-likeness (QED) is 0.876. The number of rotatable bonds is 4. The first-order valence-corrected chi connectivity index (χ1v) is 6.33. The summed E-state index contributed by atoms with van der Waals surface area (Å²) in [5.74, 6) is 0. The molecule has 1 N–H and O–H groups in total. The van der Waals surface area contributed by atoms with Gasteiger partial charge in [-0.2, -0.15) is 5.10 Å². The van der Waals surface area contributed by atoms with E-state index in [-0.39, 0.29) is 0 Å². The molecule has 3 rings (SSSR count). The van der Waals surface area contributed by atoms with Crippen LogP contribution in [0.25, 0.3) is 0 Å². The van der Waals surface area contributed by atoms with Crippen molar-refractivity contribution in [2.24, 2.45) is 0 Å². The molecule has 2 aromatic rings. The molecule has 0 saturated heterocycles. The van der Waals surface area contributed by atoms with Gasteiger partial charge in [-0.1, -0.05) is 12.8 Å². The number of aromatic nitrogens is 3. The fourth-order valence-corrected chi connectivity index (χ4v) is 2.46. The first kappa shape index (κ1) is 10.4. The number of hydrogen-bond donors (Lipinski definition) is 1. The minimum atomic E-state index is 0.635. The van der Waals surface area contributed by atoms with Crippen molar-refractivity contribution in [3.8, 4) is 0 Å². The third kappa shape index (κ3) is 2.35. The highest BCUT2D eigenvalue weighted by molar-refractivity contribution is 5.03. The van der Waals surface area contributed by atoms with E-state index in [4.69, 9.17) is 0 Å². The molecule has 4 heteroatoms. The minimum Gasteiger partial charge on any atom is -0.320 e. The first-order valence-electron chi connectivity index (χ1n) is 6.33. The van der Waals surface area contributed by atoms with Crippen LogP contribution in [-0.4, -0.2) is 14.5 Å². The highest BCUT2D eigenvalue weighted by Crippen LogP contribution is 2.28. The summed E-state index contributed by atoms with van der Waals surface area (Å²) in [6.07, 6.45) is 11.4. The van der Waals surface area contributed by atoms with Crippen molar-refractivity contribution in [2.45, 2.75) is 38.3 Å². The van der Waals surface area contributed by atoms with Gasteiger partial charge in [-0.3, -0.25) is 9.36 Å². The van der Waals surface area contributed by atoms with E-state index in [0.29, 0.717) is 6.04 Å². The topological polar surface area (TPSA) is 34.8 Å². The molecule has 0 aromatic carbocycles. The van der Waals surface area contributed by atoms with Crippen LogP contribution >= 0.6 is 0 Å². The van der Waals surface area contributed by atoms with E-state index < -0.39 is 0 Å². The average molecular weight is 230 g/mol. The molecule has 17 heavy (non-hydrogen) atoms. The van der Waals surface area contributed by atoms with Crippen molar-refractivity contribution < 1.29 is 0 Å². The molecule has 0 bridgehead atoms. The van der Waals surface area contributed by atoms with Crippen molar-refractivity contribution in [2.75, 3.05) is 5.43 Å². The number of nitrogens with zero attached hydrogens (tertiary/aromatic N) is 3. The van der Waals surface area contributed by atoms with Gasteiger partial charge in [-0.15, -0.1) is 0 Å². The summed E-state index contributed by atoms with van der Waals surface area (Å²) < 4.78 is 4.09. The lowest BCUT2D eigenvalue weighted by Gasteiger charge is -2.09. The highest BCUT2D eigenvalue weighted by Gasteiger charge is 2.17. The molecule has 1 fully saturated rings. The van der Waals surface area contributed by atoms with Gasteiger partial charge in [0.05, 0.1) is 18.3 Å². The van der Waals surface area contributed by atoms with E-state index in [1.165, 1.54) is 25.7 Å². The molecule has 0 atom stereocenters. The molecular weight excluding hydrogens is 212 g/mol. The lowest BCUT2D eigenvalue weighted by molar-refractivity contribution is 0.463. The Bertz CT molecular complexity index is 451. The molecule has 0 radical (unpaired) electrons. The Morgan fingerprint density at radius 3 is 2.71 bits per heavy atom. The van der Waals surface area contributed by atoms with Crippen LogP contribution in [0.15, 0.2) is 36.8 Å². The number of nitrogens with one attached hydrogen (secondary N) is 1. The van der Waals surface area contributed by atoms with Crippen molar-refractivity contribution in [1.29, 1.82) is 0 Å². The lowest BCUT2D eigenvalue weighted by Crippen LogP contribution is -2.13. The molecule has 1 aliphatic rings. The zero-order chi connectivity index (χ0) is 11.5. The second kappa shape index (κ2) is 4.65. The Kier molecular flexibility index (Phi) is 2.86. The van der Waals surface area contributed by atoms with E-state index >= 15 is 0 Å².